The zero-order chi connectivity index (χ0) is 17.0. The normalized spacial score (nSPS) is 18.9. The number of carbonyl (C=O) groups excluding carboxylic acids is 3. The molecule has 0 bridgehead atoms. The molecular formula is C18H23N3O3. The van der Waals surface area contributed by atoms with E-state index >= 15 is 0 Å². The summed E-state index contributed by atoms with van der Waals surface area (Å²) in [5, 5.41) is 5.66. The number of hydrogen-bond acceptors (Lipinski definition) is 3. The van der Waals surface area contributed by atoms with E-state index in [0.717, 1.165) is 24.8 Å². The van der Waals surface area contributed by atoms with Crippen molar-refractivity contribution in [2.75, 3.05) is 13.1 Å². The lowest BCUT2D eigenvalue weighted by Gasteiger charge is -2.19. The van der Waals surface area contributed by atoms with Crippen LogP contribution in [0.5, 0.6) is 0 Å². The van der Waals surface area contributed by atoms with Gasteiger partial charge in [0.25, 0.3) is 5.91 Å². The molecule has 1 heterocycles. The van der Waals surface area contributed by atoms with Gasteiger partial charge in [0, 0.05) is 19.5 Å². The molecule has 1 aromatic rings. The van der Waals surface area contributed by atoms with Gasteiger partial charge in [-0.2, -0.15) is 0 Å². The number of urea groups is 1. The van der Waals surface area contributed by atoms with E-state index < -0.39 is 5.54 Å². The first-order valence-electron chi connectivity index (χ1n) is 8.55. The molecule has 2 aliphatic rings. The Kier molecular flexibility index (Phi) is 4.83. The number of nitrogens with one attached hydrogen (secondary N) is 2. The summed E-state index contributed by atoms with van der Waals surface area (Å²) in [6, 6.07) is 9.55. The lowest BCUT2D eigenvalue weighted by molar-refractivity contribution is -0.131. The van der Waals surface area contributed by atoms with Crippen molar-refractivity contribution in [1.82, 2.24) is 15.5 Å². The number of hydrogen-bond donors (Lipinski definition) is 2. The Bertz CT molecular complexity index is 624. The van der Waals surface area contributed by atoms with Crippen molar-refractivity contribution in [2.45, 2.75) is 44.1 Å². The zero-order valence-electron chi connectivity index (χ0n) is 13.7. The fraction of sp³-hybridized carbons (Fsp3) is 0.500. The van der Waals surface area contributed by atoms with Gasteiger partial charge >= 0.3 is 6.03 Å². The van der Waals surface area contributed by atoms with Crippen molar-refractivity contribution >= 4 is 17.8 Å². The maximum absolute atomic E-state index is 12.5. The van der Waals surface area contributed by atoms with Gasteiger partial charge < -0.3 is 10.6 Å². The molecule has 1 aliphatic carbocycles. The monoisotopic (exact) mass is 329 g/mol. The number of carbonyl (C=O) groups is 3. The van der Waals surface area contributed by atoms with Crippen LogP contribution in [0, 0.1) is 0 Å². The number of nitrogens with zero attached hydrogens (tertiary/aromatic N) is 1. The zero-order valence-corrected chi connectivity index (χ0v) is 13.7. The van der Waals surface area contributed by atoms with Crippen LogP contribution in [0.1, 0.15) is 37.7 Å². The summed E-state index contributed by atoms with van der Waals surface area (Å²) in [6.07, 6.45) is 4.23. The van der Waals surface area contributed by atoms with Gasteiger partial charge in [-0.3, -0.25) is 14.5 Å². The van der Waals surface area contributed by atoms with Crippen molar-refractivity contribution in [3.05, 3.63) is 35.9 Å². The van der Waals surface area contributed by atoms with Gasteiger partial charge in [-0.05, 0) is 24.8 Å². The van der Waals surface area contributed by atoms with E-state index in [-0.39, 0.29) is 30.8 Å². The second kappa shape index (κ2) is 7.03. The molecule has 1 spiro atoms. The lowest BCUT2D eigenvalue weighted by atomic mass is 9.98. The third kappa shape index (κ3) is 3.42. The van der Waals surface area contributed by atoms with Crippen LogP contribution in [0.15, 0.2) is 30.3 Å². The minimum absolute atomic E-state index is 0.140. The van der Waals surface area contributed by atoms with E-state index in [0.29, 0.717) is 19.4 Å². The van der Waals surface area contributed by atoms with Gasteiger partial charge in [0.15, 0.2) is 0 Å². The largest absolute Gasteiger partial charge is 0.356 e. The van der Waals surface area contributed by atoms with Crippen molar-refractivity contribution in [3.63, 3.8) is 0 Å². The van der Waals surface area contributed by atoms with Crippen LogP contribution in [0.3, 0.4) is 0 Å². The number of imide groups is 1. The molecule has 3 rings (SSSR count). The van der Waals surface area contributed by atoms with E-state index in [1.807, 2.05) is 30.3 Å². The highest BCUT2D eigenvalue weighted by Crippen LogP contribution is 2.34. The third-order valence-corrected chi connectivity index (χ3v) is 4.84. The minimum Gasteiger partial charge on any atom is -0.356 e. The van der Waals surface area contributed by atoms with Crippen LogP contribution in [-0.4, -0.2) is 41.4 Å². The van der Waals surface area contributed by atoms with Crippen LogP contribution < -0.4 is 10.6 Å². The van der Waals surface area contributed by atoms with Gasteiger partial charge in [-0.1, -0.05) is 43.2 Å². The molecule has 0 radical (unpaired) electrons. The fourth-order valence-electron chi connectivity index (χ4n) is 3.49. The van der Waals surface area contributed by atoms with Crippen LogP contribution in [0.25, 0.3) is 0 Å². The van der Waals surface area contributed by atoms with E-state index in [1.165, 1.54) is 4.90 Å². The predicted molar refractivity (Wildman–Crippen MR) is 89.2 cm³/mol. The second-order valence-electron chi connectivity index (χ2n) is 6.51. The van der Waals surface area contributed by atoms with Gasteiger partial charge in [0.05, 0.1) is 0 Å². The molecule has 2 fully saturated rings. The Balaban J connectivity index is 1.43. The first-order valence-corrected chi connectivity index (χ1v) is 8.55. The average Bonchev–Trinajstić information content (AvgIpc) is 3.13. The Hall–Kier alpha value is -2.37. The lowest BCUT2D eigenvalue weighted by Crippen LogP contribution is -2.44. The van der Waals surface area contributed by atoms with Gasteiger partial charge in [-0.25, -0.2) is 4.79 Å². The highest BCUT2D eigenvalue weighted by atomic mass is 16.2. The molecular weight excluding hydrogens is 306 g/mol. The number of rotatable bonds is 6. The first kappa shape index (κ1) is 16.5. The van der Waals surface area contributed by atoms with E-state index in [2.05, 4.69) is 10.6 Å². The molecule has 24 heavy (non-hydrogen) atoms. The SMILES string of the molecule is O=C(CCN1C(=O)NC2(CCCC2)C1=O)NCCc1ccccc1. The van der Waals surface area contributed by atoms with Crippen LogP contribution >= 0.6 is 0 Å². The molecule has 1 aliphatic heterocycles. The number of benzene rings is 1. The molecule has 2 N–H and O–H groups in total. The Morgan fingerprint density at radius 1 is 1.17 bits per heavy atom. The van der Waals surface area contributed by atoms with Gasteiger partial charge in [0.2, 0.25) is 5.91 Å². The summed E-state index contributed by atoms with van der Waals surface area (Å²) in [6.45, 7) is 0.691. The molecule has 6 nitrogen and oxygen atoms in total. The molecule has 1 saturated carbocycles. The molecule has 1 aromatic carbocycles. The minimum atomic E-state index is -0.694. The van der Waals surface area contributed by atoms with Crippen molar-refractivity contribution in [2.24, 2.45) is 0 Å². The van der Waals surface area contributed by atoms with Crippen molar-refractivity contribution in [1.29, 1.82) is 0 Å². The van der Waals surface area contributed by atoms with Gasteiger partial charge in [-0.15, -0.1) is 0 Å². The van der Waals surface area contributed by atoms with Crippen molar-refractivity contribution < 1.29 is 14.4 Å². The first-order chi connectivity index (χ1) is 11.6. The molecule has 4 amide bonds. The van der Waals surface area contributed by atoms with E-state index in [9.17, 15) is 14.4 Å². The standard InChI is InChI=1S/C18H23N3O3/c22-15(19-12-8-14-6-2-1-3-7-14)9-13-21-16(23)18(20-17(21)24)10-4-5-11-18/h1-3,6-7H,4-5,8-13H2,(H,19,22)(H,20,24). The fourth-order valence-corrected chi connectivity index (χ4v) is 3.49. The molecule has 0 unspecified atom stereocenters. The maximum Gasteiger partial charge on any atom is 0.325 e. The summed E-state index contributed by atoms with van der Waals surface area (Å²) < 4.78 is 0. The van der Waals surface area contributed by atoms with E-state index in [1.54, 1.807) is 0 Å². The third-order valence-electron chi connectivity index (χ3n) is 4.84. The van der Waals surface area contributed by atoms with Crippen LogP contribution in [0.2, 0.25) is 0 Å². The second-order valence-corrected chi connectivity index (χ2v) is 6.51. The molecule has 6 heteroatoms. The smallest absolute Gasteiger partial charge is 0.325 e. The van der Waals surface area contributed by atoms with Crippen LogP contribution in [-0.2, 0) is 16.0 Å². The summed E-state index contributed by atoms with van der Waals surface area (Å²) in [7, 11) is 0. The Morgan fingerprint density at radius 2 is 1.88 bits per heavy atom. The topological polar surface area (TPSA) is 78.5 Å². The maximum atomic E-state index is 12.5. The molecule has 128 valence electrons. The number of amides is 4. The highest BCUT2D eigenvalue weighted by molar-refractivity contribution is 6.07. The van der Waals surface area contributed by atoms with Crippen LogP contribution in [0.4, 0.5) is 4.79 Å². The van der Waals surface area contributed by atoms with Gasteiger partial charge in [0.1, 0.15) is 5.54 Å². The summed E-state index contributed by atoms with van der Waals surface area (Å²) in [5.41, 5.74) is 0.469. The Morgan fingerprint density at radius 3 is 2.58 bits per heavy atom. The molecule has 0 atom stereocenters. The highest BCUT2D eigenvalue weighted by Gasteiger charge is 2.52. The van der Waals surface area contributed by atoms with E-state index in [4.69, 9.17) is 0 Å². The summed E-state index contributed by atoms with van der Waals surface area (Å²) in [4.78, 5) is 37.6. The average molecular weight is 329 g/mol. The molecule has 1 saturated heterocycles. The Labute approximate surface area is 141 Å². The van der Waals surface area contributed by atoms with Crippen molar-refractivity contribution in [3.8, 4) is 0 Å². The summed E-state index contributed by atoms with van der Waals surface area (Å²) >= 11 is 0. The summed E-state index contributed by atoms with van der Waals surface area (Å²) in [5.74, 6) is -0.305. The predicted octanol–water partition coefficient (Wildman–Crippen LogP) is 1.60. The molecule has 0 aromatic heterocycles. The quantitative estimate of drug-likeness (QED) is 0.778.